The van der Waals surface area contributed by atoms with Gasteiger partial charge in [-0.15, -0.1) is 11.3 Å². The molecule has 1 aromatic carbocycles. The number of nitrogens with zero attached hydrogens (tertiary/aromatic N) is 3. The van der Waals surface area contributed by atoms with Crippen molar-refractivity contribution in [1.29, 1.82) is 0 Å². The van der Waals surface area contributed by atoms with Gasteiger partial charge in [0.1, 0.15) is 5.75 Å². The second-order valence-corrected chi connectivity index (χ2v) is 7.34. The third kappa shape index (κ3) is 4.80. The molecule has 0 unspecified atom stereocenters. The topological polar surface area (TPSA) is 77.0 Å². The molecule has 0 saturated carbocycles. The van der Waals surface area contributed by atoms with Crippen LogP contribution in [0, 0.1) is 13.8 Å². The number of carbonyl (C=O) groups is 1. The minimum Gasteiger partial charge on any atom is -0.497 e. The summed E-state index contributed by atoms with van der Waals surface area (Å²) >= 11 is 2.71. The third-order valence-electron chi connectivity index (χ3n) is 3.43. The molecule has 1 amide bonds. The summed E-state index contributed by atoms with van der Waals surface area (Å²) in [5.41, 5.74) is 3.58. The van der Waals surface area contributed by atoms with Crippen LogP contribution in [0.5, 0.6) is 5.75 Å². The number of ether oxygens (including phenoxy) is 1. The van der Waals surface area contributed by atoms with E-state index in [0.717, 1.165) is 28.4 Å². The van der Waals surface area contributed by atoms with E-state index >= 15 is 0 Å². The summed E-state index contributed by atoms with van der Waals surface area (Å²) in [6, 6.07) is 9.54. The van der Waals surface area contributed by atoms with Crippen LogP contribution in [0.1, 0.15) is 11.4 Å². The lowest BCUT2D eigenvalue weighted by Crippen LogP contribution is -2.14. The van der Waals surface area contributed by atoms with E-state index in [0.29, 0.717) is 10.3 Å². The average Bonchev–Trinajstić information content (AvgIpc) is 3.08. The van der Waals surface area contributed by atoms with E-state index in [1.165, 1.54) is 23.1 Å². The van der Waals surface area contributed by atoms with Gasteiger partial charge in [0.15, 0.2) is 10.3 Å². The van der Waals surface area contributed by atoms with Gasteiger partial charge in [0.05, 0.1) is 18.6 Å². The molecule has 1 N–H and O–H groups in total. The molecule has 3 aromatic rings. The maximum absolute atomic E-state index is 12.1. The number of nitrogens with one attached hydrogen (secondary N) is 1. The van der Waals surface area contributed by atoms with Crippen LogP contribution in [0.2, 0.25) is 0 Å². The van der Waals surface area contributed by atoms with Crippen LogP contribution < -0.4 is 10.1 Å². The number of amides is 1. The predicted octanol–water partition coefficient (Wildman–Crippen LogP) is 3.96. The number of rotatable bonds is 6. The Bertz CT molecular complexity index is 890. The molecule has 26 heavy (non-hydrogen) atoms. The first-order valence-electron chi connectivity index (χ1n) is 7.88. The van der Waals surface area contributed by atoms with E-state index < -0.39 is 0 Å². The Labute approximate surface area is 160 Å². The molecule has 0 aliphatic rings. The van der Waals surface area contributed by atoms with Gasteiger partial charge in [-0.05, 0) is 44.2 Å². The van der Waals surface area contributed by atoms with Crippen molar-refractivity contribution in [2.45, 2.75) is 19.0 Å². The highest BCUT2D eigenvalue weighted by Crippen LogP contribution is 2.26. The zero-order valence-corrected chi connectivity index (χ0v) is 16.3. The van der Waals surface area contributed by atoms with E-state index in [-0.39, 0.29) is 11.7 Å². The van der Waals surface area contributed by atoms with E-state index in [9.17, 15) is 4.79 Å². The first-order valence-corrected chi connectivity index (χ1v) is 9.75. The largest absolute Gasteiger partial charge is 0.497 e. The number of thioether (sulfide) groups is 1. The fourth-order valence-electron chi connectivity index (χ4n) is 2.27. The Kier molecular flexibility index (Phi) is 5.85. The van der Waals surface area contributed by atoms with Gasteiger partial charge in [-0.1, -0.05) is 11.8 Å². The second kappa shape index (κ2) is 8.29. The molecule has 8 heteroatoms. The first kappa shape index (κ1) is 18.3. The summed E-state index contributed by atoms with van der Waals surface area (Å²) < 4.78 is 5.15. The monoisotopic (exact) mass is 386 g/mol. The standard InChI is InChI=1S/C18H18N4O2S2/c1-11-8-12(2)20-17(19-11)26-10-16(23)22-18-21-15(9-25-18)13-4-6-14(24-3)7-5-13/h4-9H,10H2,1-3H3,(H,21,22,23). The van der Waals surface area contributed by atoms with Gasteiger partial charge < -0.3 is 10.1 Å². The molecule has 6 nitrogen and oxygen atoms in total. The molecular formula is C18H18N4O2S2. The maximum atomic E-state index is 12.1. The van der Waals surface area contributed by atoms with Crippen LogP contribution in [-0.2, 0) is 4.79 Å². The van der Waals surface area contributed by atoms with Gasteiger partial charge in [0, 0.05) is 22.3 Å². The van der Waals surface area contributed by atoms with Gasteiger partial charge in [-0.2, -0.15) is 0 Å². The predicted molar refractivity (Wildman–Crippen MR) is 105 cm³/mol. The Hall–Kier alpha value is -2.45. The highest BCUT2D eigenvalue weighted by Gasteiger charge is 2.10. The summed E-state index contributed by atoms with van der Waals surface area (Å²) in [7, 11) is 1.63. The van der Waals surface area contributed by atoms with Crippen molar-refractivity contribution in [2.75, 3.05) is 18.2 Å². The number of hydrogen-bond donors (Lipinski definition) is 1. The molecule has 2 heterocycles. The minimum atomic E-state index is -0.131. The number of aromatic nitrogens is 3. The molecule has 0 atom stereocenters. The number of methoxy groups -OCH3 is 1. The van der Waals surface area contributed by atoms with E-state index in [2.05, 4.69) is 20.3 Å². The first-order chi connectivity index (χ1) is 12.5. The van der Waals surface area contributed by atoms with E-state index in [1.807, 2.05) is 49.6 Å². The van der Waals surface area contributed by atoms with Gasteiger partial charge in [-0.25, -0.2) is 15.0 Å². The molecule has 134 valence electrons. The van der Waals surface area contributed by atoms with Gasteiger partial charge in [0.25, 0.3) is 0 Å². The summed E-state index contributed by atoms with van der Waals surface area (Å²) in [6.07, 6.45) is 0. The van der Waals surface area contributed by atoms with Crippen LogP contribution in [0.25, 0.3) is 11.3 Å². The summed E-state index contributed by atoms with van der Waals surface area (Å²) in [5.74, 6) is 0.900. The fraction of sp³-hybridized carbons (Fsp3) is 0.222. The van der Waals surface area contributed by atoms with Gasteiger partial charge >= 0.3 is 0 Å². The second-order valence-electron chi connectivity index (χ2n) is 5.54. The van der Waals surface area contributed by atoms with E-state index in [1.54, 1.807) is 7.11 Å². The average molecular weight is 387 g/mol. The van der Waals surface area contributed by atoms with Crippen molar-refractivity contribution in [1.82, 2.24) is 15.0 Å². The highest BCUT2D eigenvalue weighted by molar-refractivity contribution is 7.99. The van der Waals surface area contributed by atoms with Crippen molar-refractivity contribution in [2.24, 2.45) is 0 Å². The van der Waals surface area contributed by atoms with Crippen LogP contribution in [0.15, 0.2) is 40.9 Å². The molecule has 0 aliphatic heterocycles. The molecule has 0 fully saturated rings. The molecule has 0 radical (unpaired) electrons. The summed E-state index contributed by atoms with van der Waals surface area (Å²) in [6.45, 7) is 3.82. The number of hydrogen-bond acceptors (Lipinski definition) is 7. The molecule has 2 aromatic heterocycles. The fourth-order valence-corrected chi connectivity index (χ4v) is 3.75. The summed E-state index contributed by atoms with van der Waals surface area (Å²) in [5, 5.41) is 5.91. The van der Waals surface area contributed by atoms with Gasteiger partial charge in [0.2, 0.25) is 5.91 Å². The third-order valence-corrected chi connectivity index (χ3v) is 5.04. The molecule has 0 spiro atoms. The van der Waals surface area contributed by atoms with Crippen LogP contribution in [0.4, 0.5) is 5.13 Å². The zero-order chi connectivity index (χ0) is 18.5. The Morgan fingerprint density at radius 1 is 1.15 bits per heavy atom. The van der Waals surface area contributed by atoms with Crippen molar-refractivity contribution < 1.29 is 9.53 Å². The van der Waals surface area contributed by atoms with E-state index in [4.69, 9.17) is 4.74 Å². The van der Waals surface area contributed by atoms with Crippen molar-refractivity contribution in [3.63, 3.8) is 0 Å². The molecular weight excluding hydrogens is 368 g/mol. The molecule has 0 saturated heterocycles. The van der Waals surface area contributed by atoms with Gasteiger partial charge in [-0.3, -0.25) is 4.79 Å². The van der Waals surface area contributed by atoms with Crippen LogP contribution in [-0.4, -0.2) is 33.7 Å². The number of carbonyl (C=O) groups excluding carboxylic acids is 1. The van der Waals surface area contributed by atoms with Crippen molar-refractivity contribution >= 4 is 34.1 Å². The lowest BCUT2D eigenvalue weighted by molar-refractivity contribution is -0.113. The number of aryl methyl sites for hydroxylation is 2. The highest BCUT2D eigenvalue weighted by atomic mass is 32.2. The lowest BCUT2D eigenvalue weighted by Gasteiger charge is -2.03. The number of thiazole rings is 1. The van der Waals surface area contributed by atoms with Crippen LogP contribution >= 0.6 is 23.1 Å². The number of anilines is 1. The smallest absolute Gasteiger partial charge is 0.236 e. The maximum Gasteiger partial charge on any atom is 0.236 e. The lowest BCUT2D eigenvalue weighted by atomic mass is 10.2. The Morgan fingerprint density at radius 3 is 2.50 bits per heavy atom. The Balaban J connectivity index is 1.58. The molecule has 0 bridgehead atoms. The Morgan fingerprint density at radius 2 is 1.85 bits per heavy atom. The normalized spacial score (nSPS) is 10.6. The number of benzene rings is 1. The SMILES string of the molecule is COc1ccc(-c2csc(NC(=O)CSc3nc(C)cc(C)n3)n2)cc1. The quantitative estimate of drug-likeness (QED) is 0.510. The minimum absolute atomic E-state index is 0.131. The zero-order valence-electron chi connectivity index (χ0n) is 14.6. The van der Waals surface area contributed by atoms with Crippen molar-refractivity contribution in [3.8, 4) is 17.0 Å². The summed E-state index contributed by atoms with van der Waals surface area (Å²) in [4.78, 5) is 25.3. The van der Waals surface area contributed by atoms with Crippen LogP contribution in [0.3, 0.4) is 0 Å². The molecule has 0 aliphatic carbocycles. The van der Waals surface area contributed by atoms with Crippen molar-refractivity contribution in [3.05, 3.63) is 47.1 Å². The molecule has 3 rings (SSSR count).